The summed E-state index contributed by atoms with van der Waals surface area (Å²) in [6.07, 6.45) is -0.721. The summed E-state index contributed by atoms with van der Waals surface area (Å²) in [6, 6.07) is 26.7. The third-order valence-electron chi connectivity index (χ3n) is 7.13. The number of halogens is 3. The van der Waals surface area contributed by atoms with Crippen LogP contribution in [0.25, 0.3) is 6.08 Å². The van der Waals surface area contributed by atoms with E-state index in [1.54, 1.807) is 67.6 Å². The van der Waals surface area contributed by atoms with Crippen LogP contribution in [0.1, 0.15) is 39.5 Å². The Balaban J connectivity index is 1.59. The zero-order valence-electron chi connectivity index (χ0n) is 25.4. The van der Waals surface area contributed by atoms with E-state index < -0.39 is 39.8 Å². The Hall–Kier alpha value is -4.45. The number of nitrogens with one attached hydrogen (secondary N) is 2. The minimum absolute atomic E-state index is 0.0201. The number of anilines is 2. The smallest absolute Gasteiger partial charge is 0.390 e. The second kappa shape index (κ2) is 15.2. The van der Waals surface area contributed by atoms with Crippen LogP contribution in [0.3, 0.4) is 0 Å². The molecule has 0 aromatic heterocycles. The van der Waals surface area contributed by atoms with Crippen molar-refractivity contribution in [2.45, 2.75) is 38.2 Å². The van der Waals surface area contributed by atoms with Crippen molar-refractivity contribution < 1.29 is 31.5 Å². The van der Waals surface area contributed by atoms with Crippen molar-refractivity contribution in [2.24, 2.45) is 0 Å². The zero-order valence-corrected chi connectivity index (χ0v) is 26.2. The summed E-state index contributed by atoms with van der Waals surface area (Å²) in [6.45, 7) is 1.85. The van der Waals surface area contributed by atoms with Crippen LogP contribution in [-0.4, -0.2) is 44.4 Å². The van der Waals surface area contributed by atoms with Gasteiger partial charge < -0.3 is 15.7 Å². The molecule has 4 rings (SSSR count). The van der Waals surface area contributed by atoms with E-state index in [-0.39, 0.29) is 30.8 Å². The molecule has 4 aromatic rings. The first-order chi connectivity index (χ1) is 21.8. The number of carbonyl (C=O) groups is 1. The Morgan fingerprint density at radius 1 is 0.891 bits per heavy atom. The van der Waals surface area contributed by atoms with Crippen molar-refractivity contribution in [2.75, 3.05) is 17.1 Å². The fraction of sp³-hybridized carbons (Fsp3) is 0.229. The second-order valence-corrected chi connectivity index (χ2v) is 12.7. The molecule has 0 saturated heterocycles. The van der Waals surface area contributed by atoms with E-state index in [2.05, 4.69) is 10.6 Å². The van der Waals surface area contributed by atoms with E-state index in [0.29, 0.717) is 16.8 Å². The number of rotatable bonds is 13. The highest BCUT2D eigenvalue weighted by atomic mass is 32.2. The van der Waals surface area contributed by atoms with E-state index >= 15 is 0 Å². The molecule has 0 aliphatic heterocycles. The minimum Gasteiger partial charge on any atom is -0.390 e. The number of carbonyl (C=O) groups excluding carboxylic acids is 1. The quantitative estimate of drug-likeness (QED) is 0.157. The molecule has 0 radical (unpaired) electrons. The van der Waals surface area contributed by atoms with Gasteiger partial charge in [-0.05, 0) is 66.4 Å². The summed E-state index contributed by atoms with van der Waals surface area (Å²) in [7, 11) is -3.80. The van der Waals surface area contributed by atoms with Crippen LogP contribution in [-0.2, 0) is 29.2 Å². The van der Waals surface area contributed by atoms with Crippen molar-refractivity contribution in [3.63, 3.8) is 0 Å². The lowest BCUT2D eigenvalue weighted by Crippen LogP contribution is -2.48. The van der Waals surface area contributed by atoms with Crippen molar-refractivity contribution in [1.82, 2.24) is 10.6 Å². The standard InChI is InChI=1S/C35H36F3N3O4S/c1-3-11-26-18-28(22-31(20-26)41(46(2,44)45)30-16-8-5-9-17-30)34(43)40-32(21-25-12-6-4-7-13-25)33(42)24-39-23-27-14-10-15-29(19-27)35(36,37)38/h3-20,22,32-33,39,42H,21,23-24H2,1-2H3,(H,40,43)/b11-3+/t32-,33+/m0/s1. The fourth-order valence-corrected chi connectivity index (χ4v) is 6.03. The molecular weight excluding hydrogens is 615 g/mol. The first kappa shape index (κ1) is 34.4. The van der Waals surface area contributed by atoms with Gasteiger partial charge in [0.25, 0.3) is 5.91 Å². The van der Waals surface area contributed by atoms with Gasteiger partial charge in [-0.3, -0.25) is 4.79 Å². The van der Waals surface area contributed by atoms with E-state index in [1.165, 1.54) is 12.1 Å². The maximum absolute atomic E-state index is 13.8. The second-order valence-electron chi connectivity index (χ2n) is 10.8. The van der Waals surface area contributed by atoms with Gasteiger partial charge in [0.05, 0.1) is 35.3 Å². The van der Waals surface area contributed by atoms with Crippen LogP contribution in [0.4, 0.5) is 24.5 Å². The van der Waals surface area contributed by atoms with Gasteiger partial charge in [-0.25, -0.2) is 12.7 Å². The predicted molar refractivity (Wildman–Crippen MR) is 175 cm³/mol. The lowest BCUT2D eigenvalue weighted by Gasteiger charge is -2.26. The lowest BCUT2D eigenvalue weighted by atomic mass is 10.00. The minimum atomic E-state index is -4.47. The number of benzene rings is 4. The van der Waals surface area contributed by atoms with Crippen LogP contribution in [0.2, 0.25) is 0 Å². The van der Waals surface area contributed by atoms with Gasteiger partial charge in [-0.1, -0.05) is 78.9 Å². The molecule has 0 aliphatic rings. The summed E-state index contributed by atoms with van der Waals surface area (Å²) >= 11 is 0. The highest BCUT2D eigenvalue weighted by molar-refractivity contribution is 7.92. The molecule has 0 aliphatic carbocycles. The predicted octanol–water partition coefficient (Wildman–Crippen LogP) is 6.33. The van der Waals surface area contributed by atoms with Crippen LogP contribution < -0.4 is 14.9 Å². The van der Waals surface area contributed by atoms with E-state index in [9.17, 15) is 31.5 Å². The molecule has 0 bridgehead atoms. The van der Waals surface area contributed by atoms with Crippen molar-refractivity contribution >= 4 is 33.4 Å². The molecule has 7 nitrogen and oxygen atoms in total. The highest BCUT2D eigenvalue weighted by Gasteiger charge is 2.30. The molecule has 0 heterocycles. The van der Waals surface area contributed by atoms with Gasteiger partial charge in [0.1, 0.15) is 0 Å². The van der Waals surface area contributed by atoms with Gasteiger partial charge in [-0.2, -0.15) is 13.2 Å². The molecule has 4 aromatic carbocycles. The summed E-state index contributed by atoms with van der Waals surface area (Å²) in [5, 5.41) is 17.1. The van der Waals surface area contributed by atoms with Gasteiger partial charge in [-0.15, -0.1) is 0 Å². The Labute approximate surface area is 267 Å². The third kappa shape index (κ3) is 9.53. The van der Waals surface area contributed by atoms with Crippen molar-refractivity contribution in [1.29, 1.82) is 0 Å². The van der Waals surface area contributed by atoms with Crippen LogP contribution in [0, 0.1) is 0 Å². The fourth-order valence-electron chi connectivity index (χ4n) is 5.03. The number of hydrogen-bond donors (Lipinski definition) is 3. The SMILES string of the molecule is C/C=C/c1cc(C(=O)N[C@@H](Cc2ccccc2)[C@H](O)CNCc2cccc(C(F)(F)F)c2)cc(N(c2ccccc2)S(C)(=O)=O)c1. The molecule has 0 saturated carbocycles. The van der Waals surface area contributed by atoms with Gasteiger partial charge in [0.2, 0.25) is 10.0 Å². The molecule has 11 heteroatoms. The molecule has 1 amide bonds. The number of nitrogens with zero attached hydrogens (tertiary/aromatic N) is 1. The van der Waals surface area contributed by atoms with E-state index in [1.807, 2.05) is 30.3 Å². The monoisotopic (exact) mass is 651 g/mol. The number of sulfonamides is 1. The highest BCUT2D eigenvalue weighted by Crippen LogP contribution is 2.31. The Morgan fingerprint density at radius 2 is 1.54 bits per heavy atom. The molecular formula is C35H36F3N3O4S. The zero-order chi connectivity index (χ0) is 33.3. The Morgan fingerprint density at radius 3 is 2.17 bits per heavy atom. The van der Waals surface area contributed by atoms with Crippen molar-refractivity contribution in [3.05, 3.63) is 137 Å². The average Bonchev–Trinajstić information content (AvgIpc) is 3.01. The average molecular weight is 652 g/mol. The Kier molecular flexibility index (Phi) is 11.4. The van der Waals surface area contributed by atoms with Gasteiger partial charge in [0, 0.05) is 18.7 Å². The summed E-state index contributed by atoms with van der Waals surface area (Å²) in [5.41, 5.74) is 1.92. The van der Waals surface area contributed by atoms with E-state index in [4.69, 9.17) is 0 Å². The number of allylic oxidation sites excluding steroid dienone is 1. The molecule has 46 heavy (non-hydrogen) atoms. The molecule has 242 valence electrons. The first-order valence-electron chi connectivity index (χ1n) is 14.6. The lowest BCUT2D eigenvalue weighted by molar-refractivity contribution is -0.137. The Bertz CT molecular complexity index is 1750. The molecule has 0 fully saturated rings. The molecule has 0 spiro atoms. The van der Waals surface area contributed by atoms with Gasteiger partial charge in [0.15, 0.2) is 0 Å². The summed E-state index contributed by atoms with van der Waals surface area (Å²) in [4.78, 5) is 13.8. The summed E-state index contributed by atoms with van der Waals surface area (Å²) in [5.74, 6) is -0.535. The van der Waals surface area contributed by atoms with Gasteiger partial charge >= 0.3 is 6.18 Å². The maximum Gasteiger partial charge on any atom is 0.416 e. The number of aliphatic hydroxyl groups is 1. The maximum atomic E-state index is 13.8. The number of alkyl halides is 3. The number of amides is 1. The third-order valence-corrected chi connectivity index (χ3v) is 8.22. The van der Waals surface area contributed by atoms with Crippen molar-refractivity contribution in [3.8, 4) is 0 Å². The number of para-hydroxylation sites is 1. The molecule has 2 atom stereocenters. The van der Waals surface area contributed by atoms with E-state index in [0.717, 1.165) is 28.3 Å². The first-order valence-corrected chi connectivity index (χ1v) is 16.4. The summed E-state index contributed by atoms with van der Waals surface area (Å²) < 4.78 is 66.4. The van der Waals surface area contributed by atoms with Crippen LogP contribution in [0.15, 0.2) is 109 Å². The molecule has 3 N–H and O–H groups in total. The number of aliphatic hydroxyl groups excluding tert-OH is 1. The largest absolute Gasteiger partial charge is 0.416 e. The molecule has 0 unspecified atom stereocenters. The van der Waals surface area contributed by atoms with Crippen LogP contribution in [0.5, 0.6) is 0 Å². The van der Waals surface area contributed by atoms with Crippen LogP contribution >= 0.6 is 0 Å². The number of hydrogen-bond acceptors (Lipinski definition) is 5. The topological polar surface area (TPSA) is 98.7 Å². The normalized spacial score (nSPS) is 13.3.